The first kappa shape index (κ1) is 15.7. The molecule has 1 fully saturated rings. The van der Waals surface area contributed by atoms with Crippen molar-refractivity contribution in [3.8, 4) is 5.75 Å². The van der Waals surface area contributed by atoms with Crippen LogP contribution in [0, 0.1) is 5.92 Å². The molecule has 0 radical (unpaired) electrons. The Kier molecular flexibility index (Phi) is 4.76. The predicted octanol–water partition coefficient (Wildman–Crippen LogP) is 2.52. The van der Waals surface area contributed by atoms with Gasteiger partial charge in [0.25, 0.3) is 5.91 Å². The molecule has 1 saturated carbocycles. The second kappa shape index (κ2) is 6.96. The number of aliphatic hydroxyl groups is 1. The van der Waals surface area contributed by atoms with E-state index in [0.717, 1.165) is 42.3 Å². The molecular weight excluding hydrogens is 292 g/mol. The summed E-state index contributed by atoms with van der Waals surface area (Å²) in [4.78, 5) is 16.7. The summed E-state index contributed by atoms with van der Waals surface area (Å²) in [6.45, 7) is 0.595. The van der Waals surface area contributed by atoms with Crippen LogP contribution < -0.4 is 10.1 Å². The Bertz CT molecular complexity index is 702. The molecule has 0 aliphatic heterocycles. The molecule has 2 aromatic rings. The minimum absolute atomic E-state index is 0.164. The van der Waals surface area contributed by atoms with Gasteiger partial charge in [0.15, 0.2) is 0 Å². The van der Waals surface area contributed by atoms with Gasteiger partial charge >= 0.3 is 0 Å². The molecule has 1 aliphatic carbocycles. The van der Waals surface area contributed by atoms with Gasteiger partial charge in [-0.25, -0.2) is 4.98 Å². The van der Waals surface area contributed by atoms with Gasteiger partial charge in [-0.05, 0) is 49.4 Å². The number of hydrogen-bond acceptors (Lipinski definition) is 4. The summed E-state index contributed by atoms with van der Waals surface area (Å²) in [7, 11) is 1.62. The lowest BCUT2D eigenvalue weighted by Crippen LogP contribution is -2.33. The Morgan fingerprint density at radius 1 is 1.35 bits per heavy atom. The minimum Gasteiger partial charge on any atom is -0.497 e. The van der Waals surface area contributed by atoms with E-state index in [-0.39, 0.29) is 12.0 Å². The third-order valence-corrected chi connectivity index (χ3v) is 4.44. The van der Waals surface area contributed by atoms with Gasteiger partial charge in [-0.3, -0.25) is 4.79 Å². The van der Waals surface area contributed by atoms with Gasteiger partial charge in [-0.2, -0.15) is 0 Å². The first-order valence-corrected chi connectivity index (χ1v) is 8.07. The van der Waals surface area contributed by atoms with Crippen molar-refractivity contribution >= 4 is 16.8 Å². The fourth-order valence-corrected chi connectivity index (χ4v) is 3.13. The van der Waals surface area contributed by atoms with Crippen LogP contribution in [-0.4, -0.2) is 35.8 Å². The molecule has 2 atom stereocenters. The van der Waals surface area contributed by atoms with Gasteiger partial charge in [0, 0.05) is 11.9 Å². The van der Waals surface area contributed by atoms with E-state index in [9.17, 15) is 9.90 Å². The smallest absolute Gasteiger partial charge is 0.269 e. The summed E-state index contributed by atoms with van der Waals surface area (Å²) in [5.41, 5.74) is 1.19. The van der Waals surface area contributed by atoms with E-state index >= 15 is 0 Å². The van der Waals surface area contributed by atoms with E-state index in [2.05, 4.69) is 10.3 Å². The standard InChI is InChI=1S/C18H22N2O3/c1-23-15-6-8-16-13(10-15)5-7-17(20-16)18(22)19-11-12-3-2-4-14(21)9-12/h5-8,10,12,14,21H,2-4,9,11H2,1H3,(H,19,22). The van der Waals surface area contributed by atoms with Crippen molar-refractivity contribution in [1.29, 1.82) is 0 Å². The molecule has 23 heavy (non-hydrogen) atoms. The number of hydrogen-bond donors (Lipinski definition) is 2. The van der Waals surface area contributed by atoms with E-state index in [4.69, 9.17) is 4.74 Å². The molecule has 122 valence electrons. The van der Waals surface area contributed by atoms with Gasteiger partial charge in [0.2, 0.25) is 0 Å². The quantitative estimate of drug-likeness (QED) is 0.909. The summed E-state index contributed by atoms with van der Waals surface area (Å²) in [5, 5.41) is 13.6. The van der Waals surface area contributed by atoms with Crippen LogP contribution in [0.2, 0.25) is 0 Å². The van der Waals surface area contributed by atoms with Crippen molar-refractivity contribution in [2.24, 2.45) is 5.92 Å². The van der Waals surface area contributed by atoms with E-state index in [1.165, 1.54) is 0 Å². The van der Waals surface area contributed by atoms with E-state index < -0.39 is 0 Å². The zero-order chi connectivity index (χ0) is 16.2. The Balaban J connectivity index is 1.66. The van der Waals surface area contributed by atoms with E-state index in [1.807, 2.05) is 24.3 Å². The van der Waals surface area contributed by atoms with Crippen molar-refractivity contribution in [2.45, 2.75) is 31.8 Å². The van der Waals surface area contributed by atoms with Gasteiger partial charge in [-0.1, -0.05) is 12.5 Å². The largest absolute Gasteiger partial charge is 0.497 e. The molecule has 1 heterocycles. The molecule has 0 spiro atoms. The molecular formula is C18H22N2O3. The highest BCUT2D eigenvalue weighted by molar-refractivity contribution is 5.95. The van der Waals surface area contributed by atoms with Crippen molar-refractivity contribution in [3.05, 3.63) is 36.0 Å². The maximum atomic E-state index is 12.3. The van der Waals surface area contributed by atoms with Crippen molar-refractivity contribution in [3.63, 3.8) is 0 Å². The number of carbonyl (C=O) groups is 1. The third kappa shape index (κ3) is 3.79. The number of aliphatic hydroxyl groups excluding tert-OH is 1. The number of rotatable bonds is 4. The maximum Gasteiger partial charge on any atom is 0.269 e. The monoisotopic (exact) mass is 314 g/mol. The van der Waals surface area contributed by atoms with Crippen LogP contribution in [0.3, 0.4) is 0 Å². The second-order valence-corrected chi connectivity index (χ2v) is 6.15. The summed E-state index contributed by atoms with van der Waals surface area (Å²) in [6.07, 6.45) is 3.50. The molecule has 5 nitrogen and oxygen atoms in total. The first-order chi connectivity index (χ1) is 11.2. The number of aromatic nitrogens is 1. The lowest BCUT2D eigenvalue weighted by molar-refractivity contribution is 0.0870. The van der Waals surface area contributed by atoms with Crippen LogP contribution in [0.4, 0.5) is 0 Å². The van der Waals surface area contributed by atoms with Crippen LogP contribution in [0.25, 0.3) is 10.9 Å². The fraction of sp³-hybridized carbons (Fsp3) is 0.444. The van der Waals surface area contributed by atoms with E-state index in [1.54, 1.807) is 13.2 Å². The fourth-order valence-electron chi connectivity index (χ4n) is 3.13. The Hall–Kier alpha value is -2.14. The number of nitrogens with one attached hydrogen (secondary N) is 1. The highest BCUT2D eigenvalue weighted by atomic mass is 16.5. The lowest BCUT2D eigenvalue weighted by atomic mass is 9.87. The molecule has 2 unspecified atom stereocenters. The van der Waals surface area contributed by atoms with Gasteiger partial charge in [-0.15, -0.1) is 0 Å². The van der Waals surface area contributed by atoms with E-state index in [0.29, 0.717) is 18.2 Å². The molecule has 0 saturated heterocycles. The van der Waals surface area contributed by atoms with Crippen LogP contribution in [-0.2, 0) is 0 Å². The number of ether oxygens (including phenoxy) is 1. The molecule has 2 N–H and O–H groups in total. The SMILES string of the molecule is COc1ccc2nc(C(=O)NCC3CCCC(O)C3)ccc2c1. The highest BCUT2D eigenvalue weighted by Gasteiger charge is 2.21. The molecule has 1 aromatic carbocycles. The summed E-state index contributed by atoms with van der Waals surface area (Å²) in [6, 6.07) is 9.19. The predicted molar refractivity (Wildman–Crippen MR) is 88.6 cm³/mol. The Labute approximate surface area is 135 Å². The Morgan fingerprint density at radius 2 is 2.22 bits per heavy atom. The highest BCUT2D eigenvalue weighted by Crippen LogP contribution is 2.23. The summed E-state index contributed by atoms with van der Waals surface area (Å²) < 4.78 is 5.19. The second-order valence-electron chi connectivity index (χ2n) is 6.15. The summed E-state index contributed by atoms with van der Waals surface area (Å²) in [5.74, 6) is 0.961. The zero-order valence-corrected chi connectivity index (χ0v) is 13.3. The Morgan fingerprint density at radius 3 is 3.00 bits per heavy atom. The topological polar surface area (TPSA) is 71.5 Å². The number of carbonyl (C=O) groups excluding carboxylic acids is 1. The zero-order valence-electron chi connectivity index (χ0n) is 13.3. The molecule has 3 rings (SSSR count). The molecule has 1 aromatic heterocycles. The minimum atomic E-state index is -0.223. The summed E-state index contributed by atoms with van der Waals surface area (Å²) >= 11 is 0. The number of nitrogens with zero attached hydrogens (tertiary/aromatic N) is 1. The van der Waals surface area contributed by atoms with Gasteiger partial charge < -0.3 is 15.2 Å². The third-order valence-electron chi connectivity index (χ3n) is 4.44. The number of amides is 1. The van der Waals surface area contributed by atoms with Crippen LogP contribution >= 0.6 is 0 Å². The first-order valence-electron chi connectivity index (χ1n) is 8.07. The van der Waals surface area contributed by atoms with Crippen molar-refractivity contribution in [2.75, 3.05) is 13.7 Å². The molecule has 1 amide bonds. The average molecular weight is 314 g/mol. The van der Waals surface area contributed by atoms with Crippen LogP contribution in [0.15, 0.2) is 30.3 Å². The maximum absolute atomic E-state index is 12.3. The van der Waals surface area contributed by atoms with Gasteiger partial charge in [0.1, 0.15) is 11.4 Å². The van der Waals surface area contributed by atoms with Gasteiger partial charge in [0.05, 0.1) is 18.7 Å². The average Bonchev–Trinajstić information content (AvgIpc) is 2.58. The van der Waals surface area contributed by atoms with Crippen LogP contribution in [0.1, 0.15) is 36.2 Å². The number of fused-ring (bicyclic) bond motifs is 1. The number of methoxy groups -OCH3 is 1. The normalized spacial score (nSPS) is 21.1. The molecule has 1 aliphatic rings. The number of benzene rings is 1. The lowest BCUT2D eigenvalue weighted by Gasteiger charge is -2.25. The molecule has 0 bridgehead atoms. The van der Waals surface area contributed by atoms with Crippen molar-refractivity contribution < 1.29 is 14.6 Å². The molecule has 5 heteroatoms. The van der Waals surface area contributed by atoms with Crippen molar-refractivity contribution in [1.82, 2.24) is 10.3 Å². The number of pyridine rings is 1. The van der Waals surface area contributed by atoms with Crippen LogP contribution in [0.5, 0.6) is 5.75 Å².